The lowest BCUT2D eigenvalue weighted by molar-refractivity contribution is -0.122. The molecular weight excluding hydrogens is 270 g/mol. The van der Waals surface area contributed by atoms with Gasteiger partial charge in [-0.2, -0.15) is 0 Å². The first-order chi connectivity index (χ1) is 10.1. The molecule has 2 heterocycles. The summed E-state index contributed by atoms with van der Waals surface area (Å²) in [6.07, 6.45) is 1.43. The van der Waals surface area contributed by atoms with Crippen LogP contribution >= 0.6 is 0 Å². The van der Waals surface area contributed by atoms with E-state index in [0.29, 0.717) is 23.7 Å². The SMILES string of the molecule is CC1Oc2ccc(NC(=O)[C@H]3CCCNC3)cc2NC1=O. The van der Waals surface area contributed by atoms with Crippen molar-refractivity contribution < 1.29 is 14.3 Å². The minimum Gasteiger partial charge on any atom is -0.479 e. The van der Waals surface area contributed by atoms with Crippen LogP contribution in [-0.2, 0) is 9.59 Å². The van der Waals surface area contributed by atoms with Gasteiger partial charge >= 0.3 is 0 Å². The Balaban J connectivity index is 1.70. The van der Waals surface area contributed by atoms with E-state index in [1.54, 1.807) is 25.1 Å². The van der Waals surface area contributed by atoms with Gasteiger partial charge in [-0.25, -0.2) is 0 Å². The molecule has 1 unspecified atom stereocenters. The molecule has 6 heteroatoms. The molecule has 0 spiro atoms. The van der Waals surface area contributed by atoms with E-state index < -0.39 is 6.10 Å². The second-order valence-corrected chi connectivity index (χ2v) is 5.49. The molecule has 1 fully saturated rings. The third-order valence-corrected chi connectivity index (χ3v) is 3.85. The van der Waals surface area contributed by atoms with Crippen LogP contribution in [0.25, 0.3) is 0 Å². The number of anilines is 2. The van der Waals surface area contributed by atoms with Crippen LogP contribution in [0, 0.1) is 5.92 Å². The minimum atomic E-state index is -0.494. The van der Waals surface area contributed by atoms with E-state index in [0.717, 1.165) is 19.4 Å². The first kappa shape index (κ1) is 13.9. The highest BCUT2D eigenvalue weighted by Gasteiger charge is 2.25. The Labute approximate surface area is 123 Å². The average molecular weight is 289 g/mol. The Bertz CT molecular complexity index is 567. The van der Waals surface area contributed by atoms with Crippen LogP contribution in [-0.4, -0.2) is 31.0 Å². The first-order valence-corrected chi connectivity index (χ1v) is 7.26. The lowest BCUT2D eigenvalue weighted by Gasteiger charge is -2.25. The number of piperidine rings is 1. The molecule has 112 valence electrons. The summed E-state index contributed by atoms with van der Waals surface area (Å²) in [6, 6.07) is 5.28. The summed E-state index contributed by atoms with van der Waals surface area (Å²) in [5.41, 5.74) is 1.26. The molecular formula is C15H19N3O3. The zero-order chi connectivity index (χ0) is 14.8. The summed E-state index contributed by atoms with van der Waals surface area (Å²) in [4.78, 5) is 23.8. The van der Waals surface area contributed by atoms with Crippen LogP contribution < -0.4 is 20.7 Å². The number of benzene rings is 1. The second-order valence-electron chi connectivity index (χ2n) is 5.49. The fourth-order valence-electron chi connectivity index (χ4n) is 2.61. The largest absolute Gasteiger partial charge is 0.479 e. The lowest BCUT2D eigenvalue weighted by atomic mass is 9.99. The van der Waals surface area contributed by atoms with E-state index in [4.69, 9.17) is 4.74 Å². The molecule has 2 atom stereocenters. The molecule has 0 saturated carbocycles. The van der Waals surface area contributed by atoms with Gasteiger partial charge in [0.2, 0.25) is 5.91 Å². The summed E-state index contributed by atoms with van der Waals surface area (Å²) in [7, 11) is 0. The molecule has 1 saturated heterocycles. The number of hydrogen-bond acceptors (Lipinski definition) is 4. The van der Waals surface area contributed by atoms with Crippen molar-refractivity contribution in [2.75, 3.05) is 23.7 Å². The first-order valence-electron chi connectivity index (χ1n) is 7.26. The van der Waals surface area contributed by atoms with Crippen LogP contribution in [0.3, 0.4) is 0 Å². The van der Waals surface area contributed by atoms with E-state index in [-0.39, 0.29) is 17.7 Å². The molecule has 0 bridgehead atoms. The predicted octanol–water partition coefficient (Wildman–Crippen LogP) is 1.34. The monoisotopic (exact) mass is 289 g/mol. The fraction of sp³-hybridized carbons (Fsp3) is 0.467. The van der Waals surface area contributed by atoms with Crippen LogP contribution in [0.4, 0.5) is 11.4 Å². The number of carbonyl (C=O) groups is 2. The summed E-state index contributed by atoms with van der Waals surface area (Å²) >= 11 is 0. The quantitative estimate of drug-likeness (QED) is 0.767. The van der Waals surface area contributed by atoms with E-state index >= 15 is 0 Å². The molecule has 6 nitrogen and oxygen atoms in total. The maximum absolute atomic E-state index is 12.2. The van der Waals surface area contributed by atoms with Crippen molar-refractivity contribution in [3.05, 3.63) is 18.2 Å². The van der Waals surface area contributed by atoms with Gasteiger partial charge in [0.05, 0.1) is 11.6 Å². The Morgan fingerprint density at radius 2 is 2.29 bits per heavy atom. The number of nitrogens with one attached hydrogen (secondary N) is 3. The van der Waals surface area contributed by atoms with Gasteiger partial charge < -0.3 is 20.7 Å². The number of hydrogen-bond donors (Lipinski definition) is 3. The van der Waals surface area contributed by atoms with Gasteiger partial charge in [-0.05, 0) is 44.5 Å². The van der Waals surface area contributed by atoms with Gasteiger partial charge in [0.25, 0.3) is 5.91 Å². The van der Waals surface area contributed by atoms with Crippen molar-refractivity contribution in [2.24, 2.45) is 5.92 Å². The van der Waals surface area contributed by atoms with Gasteiger partial charge in [0.1, 0.15) is 5.75 Å². The van der Waals surface area contributed by atoms with Crippen molar-refractivity contribution in [3.63, 3.8) is 0 Å². The molecule has 0 aliphatic carbocycles. The van der Waals surface area contributed by atoms with Gasteiger partial charge in [-0.1, -0.05) is 0 Å². The Kier molecular flexibility index (Phi) is 3.79. The molecule has 3 rings (SSSR count). The molecule has 0 aromatic heterocycles. The van der Waals surface area contributed by atoms with Gasteiger partial charge in [0.15, 0.2) is 6.10 Å². The molecule has 2 amide bonds. The standard InChI is InChI=1S/C15H19N3O3/c1-9-14(19)18-12-7-11(4-5-13(12)21-9)17-15(20)10-3-2-6-16-8-10/h4-5,7,9-10,16H,2-3,6,8H2,1H3,(H,17,20)(H,18,19)/t9?,10-/m0/s1. The van der Waals surface area contributed by atoms with E-state index in [2.05, 4.69) is 16.0 Å². The highest BCUT2D eigenvalue weighted by atomic mass is 16.5. The molecule has 2 aliphatic rings. The number of carbonyl (C=O) groups excluding carboxylic acids is 2. The van der Waals surface area contributed by atoms with Crippen molar-refractivity contribution in [3.8, 4) is 5.75 Å². The van der Waals surface area contributed by atoms with Crippen molar-refractivity contribution in [1.29, 1.82) is 0 Å². The Morgan fingerprint density at radius 3 is 3.05 bits per heavy atom. The third-order valence-electron chi connectivity index (χ3n) is 3.85. The normalized spacial score (nSPS) is 24.5. The highest BCUT2D eigenvalue weighted by Crippen LogP contribution is 2.32. The summed E-state index contributed by atoms with van der Waals surface area (Å²) in [5, 5.41) is 8.90. The van der Waals surface area contributed by atoms with Crippen molar-refractivity contribution in [2.45, 2.75) is 25.9 Å². The third kappa shape index (κ3) is 3.00. The molecule has 0 radical (unpaired) electrons. The van der Waals surface area contributed by atoms with Crippen LogP contribution in [0.1, 0.15) is 19.8 Å². The fourth-order valence-corrected chi connectivity index (χ4v) is 2.61. The van der Waals surface area contributed by atoms with Crippen LogP contribution in [0.2, 0.25) is 0 Å². The summed E-state index contributed by atoms with van der Waals surface area (Å²) in [6.45, 7) is 3.39. The van der Waals surface area contributed by atoms with Gasteiger partial charge in [-0.3, -0.25) is 9.59 Å². The van der Waals surface area contributed by atoms with Gasteiger partial charge in [0, 0.05) is 12.2 Å². The number of amides is 2. The lowest BCUT2D eigenvalue weighted by Crippen LogP contribution is -2.37. The zero-order valence-corrected chi connectivity index (χ0v) is 11.9. The van der Waals surface area contributed by atoms with Crippen molar-refractivity contribution >= 4 is 23.2 Å². The molecule has 1 aromatic carbocycles. The summed E-state index contributed by atoms with van der Waals surface area (Å²) < 4.78 is 5.49. The van der Waals surface area contributed by atoms with Crippen LogP contribution in [0.5, 0.6) is 5.75 Å². The molecule has 2 aliphatic heterocycles. The smallest absolute Gasteiger partial charge is 0.265 e. The average Bonchev–Trinajstić information content (AvgIpc) is 2.49. The topological polar surface area (TPSA) is 79.5 Å². The maximum atomic E-state index is 12.2. The maximum Gasteiger partial charge on any atom is 0.265 e. The minimum absolute atomic E-state index is 0.000598. The number of fused-ring (bicyclic) bond motifs is 1. The van der Waals surface area contributed by atoms with Crippen LogP contribution in [0.15, 0.2) is 18.2 Å². The summed E-state index contributed by atoms with van der Waals surface area (Å²) in [5.74, 6) is 0.459. The van der Waals surface area contributed by atoms with E-state index in [9.17, 15) is 9.59 Å². The van der Waals surface area contributed by atoms with E-state index in [1.807, 2.05) is 0 Å². The van der Waals surface area contributed by atoms with Crippen molar-refractivity contribution in [1.82, 2.24) is 5.32 Å². The second kappa shape index (κ2) is 5.73. The van der Waals surface area contributed by atoms with E-state index in [1.165, 1.54) is 0 Å². The number of rotatable bonds is 2. The molecule has 21 heavy (non-hydrogen) atoms. The Morgan fingerprint density at radius 1 is 1.43 bits per heavy atom. The highest BCUT2D eigenvalue weighted by molar-refractivity contribution is 5.99. The molecule has 3 N–H and O–H groups in total. The number of ether oxygens (including phenoxy) is 1. The molecule has 1 aromatic rings. The Hall–Kier alpha value is -2.08. The zero-order valence-electron chi connectivity index (χ0n) is 11.9. The van der Waals surface area contributed by atoms with Gasteiger partial charge in [-0.15, -0.1) is 0 Å². The predicted molar refractivity (Wildman–Crippen MR) is 79.4 cm³/mol.